The van der Waals surface area contributed by atoms with Gasteiger partial charge in [0.1, 0.15) is 0 Å². The number of carbonyl (C=O) groups excluding carboxylic acids is 1. The highest BCUT2D eigenvalue weighted by molar-refractivity contribution is 5.63. The van der Waals surface area contributed by atoms with Crippen LogP contribution in [0.2, 0.25) is 0 Å². The van der Waals surface area contributed by atoms with Crippen LogP contribution in [0.25, 0.3) is 0 Å². The molecule has 0 radical (unpaired) electrons. The first-order valence-corrected chi connectivity index (χ1v) is 8.82. The van der Waals surface area contributed by atoms with Crippen LogP contribution in [-0.4, -0.2) is 5.97 Å². The fraction of sp³-hybridized carbons (Fsp3) is 0.944. The quantitative estimate of drug-likeness (QED) is 0.420. The largest absolute Gasteiger partial charge is 0.550 e. The molecule has 0 spiro atoms. The number of hydrogen-bond acceptors (Lipinski definition) is 2. The lowest BCUT2D eigenvalue weighted by Gasteiger charge is -2.05. The van der Waals surface area contributed by atoms with Crippen molar-refractivity contribution in [1.29, 1.82) is 0 Å². The number of carboxylic acids is 1. The summed E-state index contributed by atoms with van der Waals surface area (Å²) in [7, 11) is 0. The minimum atomic E-state index is -0.904. The third-order valence-corrected chi connectivity index (χ3v) is 3.91. The maximum Gasteiger partial charge on any atom is 0.0414 e. The molecule has 0 rings (SSSR count). The summed E-state index contributed by atoms with van der Waals surface area (Å²) in [5.41, 5.74) is 0. The molecule has 0 aliphatic rings. The number of quaternary nitrogens is 1. The van der Waals surface area contributed by atoms with E-state index in [-0.39, 0.29) is 12.6 Å². The predicted molar refractivity (Wildman–Crippen MR) is 90.5 cm³/mol. The second kappa shape index (κ2) is 17.5. The van der Waals surface area contributed by atoms with Gasteiger partial charge in [-0.2, -0.15) is 0 Å². The van der Waals surface area contributed by atoms with Crippen molar-refractivity contribution in [3.05, 3.63) is 0 Å². The van der Waals surface area contributed by atoms with Crippen LogP contribution >= 0.6 is 0 Å². The van der Waals surface area contributed by atoms with Crippen molar-refractivity contribution in [1.82, 2.24) is 6.15 Å². The Balaban J connectivity index is 0. The van der Waals surface area contributed by atoms with Crippen LogP contribution in [0.4, 0.5) is 0 Å². The first-order chi connectivity index (χ1) is 9.63. The zero-order chi connectivity index (χ0) is 15.1. The second-order valence-corrected chi connectivity index (χ2v) is 6.55. The Morgan fingerprint density at radius 3 is 1.38 bits per heavy atom. The average molecular weight is 302 g/mol. The molecular formula is C18H39NO2. The maximum absolute atomic E-state index is 10.2. The van der Waals surface area contributed by atoms with Gasteiger partial charge in [0.15, 0.2) is 0 Å². The van der Waals surface area contributed by atoms with Gasteiger partial charge < -0.3 is 16.1 Å². The van der Waals surface area contributed by atoms with E-state index in [0.29, 0.717) is 0 Å². The van der Waals surface area contributed by atoms with Gasteiger partial charge in [-0.15, -0.1) is 0 Å². The zero-order valence-electron chi connectivity index (χ0n) is 14.8. The molecule has 0 aliphatic heterocycles. The van der Waals surface area contributed by atoms with Gasteiger partial charge in [0.05, 0.1) is 0 Å². The van der Waals surface area contributed by atoms with Crippen molar-refractivity contribution in [2.75, 3.05) is 0 Å². The van der Waals surface area contributed by atoms with Gasteiger partial charge in [-0.3, -0.25) is 0 Å². The summed E-state index contributed by atoms with van der Waals surface area (Å²) in [6.07, 6.45) is 17.0. The Bertz CT molecular complexity index is 217. The van der Waals surface area contributed by atoms with Crippen molar-refractivity contribution in [3.63, 3.8) is 0 Å². The monoisotopic (exact) mass is 301 g/mol. The Hall–Kier alpha value is -0.570. The summed E-state index contributed by atoms with van der Waals surface area (Å²) in [5, 5.41) is 10.2. The number of carboxylic acid groups (broad SMARTS) is 1. The zero-order valence-corrected chi connectivity index (χ0v) is 14.8. The summed E-state index contributed by atoms with van der Waals surface area (Å²) in [4.78, 5) is 10.2. The standard InChI is InChI=1S/C18H36O2.H3N/c1-17(2)15-13-11-9-7-5-3-4-6-8-10-12-14-16-18(19)20;/h17H,3-16H2,1-2H3,(H,19,20);1H3. The molecule has 0 aromatic rings. The smallest absolute Gasteiger partial charge is 0.0414 e. The van der Waals surface area contributed by atoms with E-state index >= 15 is 0 Å². The molecule has 0 saturated carbocycles. The molecule has 0 saturated heterocycles. The summed E-state index contributed by atoms with van der Waals surface area (Å²) in [6.45, 7) is 4.61. The van der Waals surface area contributed by atoms with Gasteiger partial charge in [0.25, 0.3) is 0 Å². The van der Waals surface area contributed by atoms with Gasteiger partial charge in [-0.05, 0) is 18.8 Å². The first-order valence-electron chi connectivity index (χ1n) is 8.82. The van der Waals surface area contributed by atoms with Gasteiger partial charge in [0, 0.05) is 5.97 Å². The molecule has 0 heterocycles. The Kier molecular flexibility index (Phi) is 18.9. The van der Waals surface area contributed by atoms with Crippen LogP contribution in [-0.2, 0) is 4.79 Å². The highest BCUT2D eigenvalue weighted by Gasteiger charge is 1.96. The molecule has 0 aromatic heterocycles. The summed E-state index contributed by atoms with van der Waals surface area (Å²) in [5.74, 6) is -0.0415. The van der Waals surface area contributed by atoms with Crippen LogP contribution in [0.3, 0.4) is 0 Å². The number of hydrogen-bond donors (Lipinski definition) is 1. The molecule has 3 nitrogen and oxygen atoms in total. The SMILES string of the molecule is CC(C)CCCCCCCCCCCCCCC(=O)[O-].[NH4+]. The van der Waals surface area contributed by atoms with Gasteiger partial charge >= 0.3 is 0 Å². The number of aliphatic carboxylic acids is 1. The lowest BCUT2D eigenvalue weighted by molar-refractivity contribution is -0.305. The molecule has 0 amide bonds. The third kappa shape index (κ3) is 21.9. The van der Waals surface area contributed by atoms with Gasteiger partial charge in [-0.1, -0.05) is 90.9 Å². The fourth-order valence-corrected chi connectivity index (χ4v) is 2.59. The second-order valence-electron chi connectivity index (χ2n) is 6.55. The minimum absolute atomic E-state index is 0. The molecule has 0 bridgehead atoms. The normalized spacial score (nSPS) is 10.6. The molecule has 128 valence electrons. The van der Waals surface area contributed by atoms with E-state index in [1.807, 2.05) is 0 Å². The van der Waals surface area contributed by atoms with Crippen molar-refractivity contribution in [3.8, 4) is 0 Å². The van der Waals surface area contributed by atoms with Gasteiger partial charge in [-0.25, -0.2) is 0 Å². The molecule has 21 heavy (non-hydrogen) atoms. The highest BCUT2D eigenvalue weighted by Crippen LogP contribution is 2.14. The maximum atomic E-state index is 10.2. The topological polar surface area (TPSA) is 76.6 Å². The van der Waals surface area contributed by atoms with E-state index in [4.69, 9.17) is 0 Å². The predicted octanol–water partition coefficient (Wildman–Crippen LogP) is 5.23. The summed E-state index contributed by atoms with van der Waals surface area (Å²) < 4.78 is 0. The minimum Gasteiger partial charge on any atom is -0.550 e. The Labute approximate surface area is 132 Å². The number of rotatable bonds is 15. The van der Waals surface area contributed by atoms with Crippen LogP contribution < -0.4 is 11.3 Å². The third-order valence-electron chi connectivity index (χ3n) is 3.91. The number of carbonyl (C=O) groups is 1. The van der Waals surface area contributed by atoms with E-state index in [1.165, 1.54) is 70.6 Å². The molecule has 0 aromatic carbocycles. The summed E-state index contributed by atoms with van der Waals surface area (Å²) >= 11 is 0. The van der Waals surface area contributed by atoms with E-state index in [0.717, 1.165) is 18.8 Å². The lowest BCUT2D eigenvalue weighted by atomic mass is 10.0. The highest BCUT2D eigenvalue weighted by atomic mass is 16.4. The van der Waals surface area contributed by atoms with E-state index in [1.54, 1.807) is 0 Å². The van der Waals surface area contributed by atoms with Crippen LogP contribution in [0.15, 0.2) is 0 Å². The van der Waals surface area contributed by atoms with E-state index < -0.39 is 5.97 Å². The lowest BCUT2D eigenvalue weighted by Crippen LogP contribution is -2.21. The molecule has 0 atom stereocenters. The van der Waals surface area contributed by atoms with Crippen molar-refractivity contribution < 1.29 is 9.90 Å². The Morgan fingerprint density at radius 2 is 1.05 bits per heavy atom. The molecule has 4 N–H and O–H groups in total. The van der Waals surface area contributed by atoms with Crippen LogP contribution in [0, 0.1) is 5.92 Å². The molecule has 0 aliphatic carbocycles. The molecular weight excluding hydrogens is 262 g/mol. The molecule has 0 fully saturated rings. The van der Waals surface area contributed by atoms with E-state index in [2.05, 4.69) is 13.8 Å². The molecule has 3 heteroatoms. The summed E-state index contributed by atoms with van der Waals surface area (Å²) in [6, 6.07) is 0. The average Bonchev–Trinajstić information content (AvgIpc) is 2.38. The van der Waals surface area contributed by atoms with Gasteiger partial charge in [0.2, 0.25) is 0 Å². The van der Waals surface area contributed by atoms with E-state index in [9.17, 15) is 9.90 Å². The van der Waals surface area contributed by atoms with Crippen LogP contribution in [0.5, 0.6) is 0 Å². The van der Waals surface area contributed by atoms with Crippen LogP contribution in [0.1, 0.15) is 104 Å². The first kappa shape index (κ1) is 22.7. The Morgan fingerprint density at radius 1 is 0.714 bits per heavy atom. The van der Waals surface area contributed by atoms with Crippen molar-refractivity contribution >= 4 is 5.97 Å². The fourth-order valence-electron chi connectivity index (χ4n) is 2.59. The van der Waals surface area contributed by atoms with Crippen molar-refractivity contribution in [2.45, 2.75) is 104 Å². The number of unbranched alkanes of at least 4 members (excludes halogenated alkanes) is 11. The van der Waals surface area contributed by atoms with Crippen molar-refractivity contribution in [2.24, 2.45) is 5.92 Å². The molecule has 0 unspecified atom stereocenters.